The van der Waals surface area contributed by atoms with Crippen molar-refractivity contribution < 1.29 is 4.79 Å². The van der Waals surface area contributed by atoms with Crippen molar-refractivity contribution in [2.75, 3.05) is 0 Å². The van der Waals surface area contributed by atoms with Crippen LogP contribution < -0.4 is 5.32 Å². The molecule has 0 fully saturated rings. The lowest BCUT2D eigenvalue weighted by atomic mass is 9.95. The van der Waals surface area contributed by atoms with E-state index in [2.05, 4.69) is 10.4 Å². The van der Waals surface area contributed by atoms with Crippen molar-refractivity contribution in [3.63, 3.8) is 0 Å². The van der Waals surface area contributed by atoms with Crippen LogP contribution in [0.5, 0.6) is 0 Å². The third kappa shape index (κ3) is 2.51. The predicted octanol–water partition coefficient (Wildman–Crippen LogP) is 1.57. The molecular formula is C13H21N3O. The highest BCUT2D eigenvalue weighted by atomic mass is 16.1. The Morgan fingerprint density at radius 1 is 1.41 bits per heavy atom. The smallest absolute Gasteiger partial charge is 0.222 e. The number of fused-ring (bicyclic) bond motifs is 1. The van der Waals surface area contributed by atoms with E-state index in [1.165, 1.54) is 24.1 Å². The van der Waals surface area contributed by atoms with Crippen molar-refractivity contribution >= 4 is 5.91 Å². The summed E-state index contributed by atoms with van der Waals surface area (Å²) < 4.78 is 1.98. The average Bonchev–Trinajstić information content (AvgIpc) is 2.64. The highest BCUT2D eigenvalue weighted by molar-refractivity contribution is 5.77. The highest BCUT2D eigenvalue weighted by Crippen LogP contribution is 2.23. The summed E-state index contributed by atoms with van der Waals surface area (Å²) in [6, 6.07) is 0. The first kappa shape index (κ1) is 12.1. The van der Waals surface area contributed by atoms with Gasteiger partial charge in [-0.15, -0.1) is 0 Å². The summed E-state index contributed by atoms with van der Waals surface area (Å²) in [7, 11) is 2.00. The van der Waals surface area contributed by atoms with Gasteiger partial charge < -0.3 is 5.32 Å². The Kier molecular flexibility index (Phi) is 3.50. The molecule has 1 aromatic rings. The van der Waals surface area contributed by atoms with Crippen LogP contribution in [0.4, 0.5) is 0 Å². The van der Waals surface area contributed by atoms with Crippen LogP contribution in [0.1, 0.15) is 43.6 Å². The molecule has 17 heavy (non-hydrogen) atoms. The van der Waals surface area contributed by atoms with E-state index >= 15 is 0 Å². The van der Waals surface area contributed by atoms with Crippen molar-refractivity contribution in [3.8, 4) is 0 Å². The topological polar surface area (TPSA) is 46.9 Å². The monoisotopic (exact) mass is 235 g/mol. The van der Waals surface area contributed by atoms with Crippen LogP contribution in [-0.2, 0) is 31.2 Å². The Labute approximate surface area is 102 Å². The third-order valence-electron chi connectivity index (χ3n) is 3.40. The Hall–Kier alpha value is -1.32. The molecule has 0 aliphatic heterocycles. The van der Waals surface area contributed by atoms with Crippen LogP contribution in [0.2, 0.25) is 0 Å². The molecule has 1 aromatic heterocycles. The van der Waals surface area contributed by atoms with Crippen molar-refractivity contribution in [3.05, 3.63) is 17.0 Å². The van der Waals surface area contributed by atoms with Gasteiger partial charge in [0.15, 0.2) is 0 Å². The van der Waals surface area contributed by atoms with E-state index in [-0.39, 0.29) is 11.8 Å². The van der Waals surface area contributed by atoms with Crippen LogP contribution in [0.3, 0.4) is 0 Å². The number of hydrogen-bond acceptors (Lipinski definition) is 2. The predicted molar refractivity (Wildman–Crippen MR) is 66.5 cm³/mol. The van der Waals surface area contributed by atoms with Gasteiger partial charge in [-0.25, -0.2) is 0 Å². The molecule has 1 amide bonds. The lowest BCUT2D eigenvalue weighted by Crippen LogP contribution is -2.27. The summed E-state index contributed by atoms with van der Waals surface area (Å²) in [6.07, 6.45) is 4.72. The maximum Gasteiger partial charge on any atom is 0.222 e. The second-order valence-electron chi connectivity index (χ2n) is 5.08. The first-order valence-electron chi connectivity index (χ1n) is 6.41. The van der Waals surface area contributed by atoms with Gasteiger partial charge in [-0.2, -0.15) is 5.10 Å². The molecule has 1 N–H and O–H groups in total. The summed E-state index contributed by atoms with van der Waals surface area (Å²) in [5, 5.41) is 7.47. The molecule has 4 nitrogen and oxygen atoms in total. The molecule has 0 radical (unpaired) electrons. The van der Waals surface area contributed by atoms with Gasteiger partial charge in [0, 0.05) is 18.7 Å². The van der Waals surface area contributed by atoms with Gasteiger partial charge >= 0.3 is 0 Å². The number of nitrogens with one attached hydrogen (secondary N) is 1. The number of carbonyl (C=O) groups excluding carboxylic acids is 1. The van der Waals surface area contributed by atoms with E-state index in [0.29, 0.717) is 6.54 Å². The lowest BCUT2D eigenvalue weighted by Gasteiger charge is -2.13. The summed E-state index contributed by atoms with van der Waals surface area (Å²) >= 11 is 0. The standard InChI is InChI=1S/C13H21N3O/c1-9(2)13(17)14-8-11-10-6-4-5-7-12(10)16(3)15-11/h9H,4-8H2,1-3H3,(H,14,17). The molecule has 94 valence electrons. The second kappa shape index (κ2) is 4.90. The van der Waals surface area contributed by atoms with E-state index in [1.807, 2.05) is 25.6 Å². The van der Waals surface area contributed by atoms with Crippen LogP contribution in [-0.4, -0.2) is 15.7 Å². The molecule has 0 saturated carbocycles. The van der Waals surface area contributed by atoms with Crippen LogP contribution >= 0.6 is 0 Å². The number of rotatable bonds is 3. The molecule has 1 heterocycles. The lowest BCUT2D eigenvalue weighted by molar-refractivity contribution is -0.124. The van der Waals surface area contributed by atoms with E-state index in [0.717, 1.165) is 18.5 Å². The zero-order chi connectivity index (χ0) is 12.4. The van der Waals surface area contributed by atoms with Crippen LogP contribution in [0, 0.1) is 5.92 Å². The van der Waals surface area contributed by atoms with Gasteiger partial charge in [-0.05, 0) is 31.2 Å². The molecule has 1 aliphatic rings. The summed E-state index contributed by atoms with van der Waals surface area (Å²) in [5.74, 6) is 0.134. The van der Waals surface area contributed by atoms with Gasteiger partial charge in [0.2, 0.25) is 5.91 Å². The number of aromatic nitrogens is 2. The van der Waals surface area contributed by atoms with E-state index < -0.39 is 0 Å². The largest absolute Gasteiger partial charge is 0.350 e. The maximum absolute atomic E-state index is 11.5. The zero-order valence-corrected chi connectivity index (χ0v) is 10.9. The van der Waals surface area contributed by atoms with Crippen molar-refractivity contribution in [1.29, 1.82) is 0 Å². The van der Waals surface area contributed by atoms with Gasteiger partial charge in [0.1, 0.15) is 0 Å². The number of carbonyl (C=O) groups is 1. The molecule has 0 aromatic carbocycles. The average molecular weight is 235 g/mol. The first-order chi connectivity index (χ1) is 8.09. The van der Waals surface area contributed by atoms with E-state index in [4.69, 9.17) is 0 Å². The van der Waals surface area contributed by atoms with Crippen molar-refractivity contribution in [2.45, 2.75) is 46.1 Å². The van der Waals surface area contributed by atoms with Gasteiger partial charge in [0.05, 0.1) is 12.2 Å². The molecule has 1 aliphatic carbocycles. The van der Waals surface area contributed by atoms with Crippen LogP contribution in [0.15, 0.2) is 0 Å². The van der Waals surface area contributed by atoms with Gasteiger partial charge in [-0.3, -0.25) is 9.48 Å². The minimum atomic E-state index is 0.0366. The van der Waals surface area contributed by atoms with Crippen LogP contribution in [0.25, 0.3) is 0 Å². The zero-order valence-electron chi connectivity index (χ0n) is 10.9. The summed E-state index contributed by atoms with van der Waals surface area (Å²) in [6.45, 7) is 4.38. The molecule has 4 heteroatoms. The fraction of sp³-hybridized carbons (Fsp3) is 0.692. The number of aryl methyl sites for hydroxylation is 1. The maximum atomic E-state index is 11.5. The third-order valence-corrected chi connectivity index (χ3v) is 3.40. The highest BCUT2D eigenvalue weighted by Gasteiger charge is 2.19. The molecule has 0 bridgehead atoms. The number of hydrogen-bond donors (Lipinski definition) is 1. The fourth-order valence-corrected chi connectivity index (χ4v) is 2.38. The Morgan fingerprint density at radius 2 is 2.12 bits per heavy atom. The molecular weight excluding hydrogens is 214 g/mol. The van der Waals surface area contributed by atoms with Gasteiger partial charge in [0.25, 0.3) is 0 Å². The quantitative estimate of drug-likeness (QED) is 0.864. The minimum absolute atomic E-state index is 0.0366. The minimum Gasteiger partial charge on any atom is -0.350 e. The van der Waals surface area contributed by atoms with Gasteiger partial charge in [-0.1, -0.05) is 13.8 Å². The van der Waals surface area contributed by atoms with E-state index in [9.17, 15) is 4.79 Å². The summed E-state index contributed by atoms with van der Waals surface area (Å²) in [5.41, 5.74) is 3.77. The molecule has 0 saturated heterocycles. The number of nitrogens with zero attached hydrogens (tertiary/aromatic N) is 2. The van der Waals surface area contributed by atoms with Crippen molar-refractivity contribution in [2.24, 2.45) is 13.0 Å². The fourth-order valence-electron chi connectivity index (χ4n) is 2.38. The number of amides is 1. The SMILES string of the molecule is CC(C)C(=O)NCc1nn(C)c2c1CCCC2. The Bertz CT molecular complexity index is 421. The molecule has 2 rings (SSSR count). The molecule has 0 unspecified atom stereocenters. The van der Waals surface area contributed by atoms with E-state index in [1.54, 1.807) is 0 Å². The normalized spacial score (nSPS) is 14.8. The molecule has 0 spiro atoms. The Balaban J connectivity index is 2.09. The first-order valence-corrected chi connectivity index (χ1v) is 6.41. The second-order valence-corrected chi connectivity index (χ2v) is 5.08. The summed E-state index contributed by atoms with van der Waals surface area (Å²) in [4.78, 5) is 11.5. The van der Waals surface area contributed by atoms with Crippen molar-refractivity contribution in [1.82, 2.24) is 15.1 Å². The Morgan fingerprint density at radius 3 is 2.82 bits per heavy atom. The molecule has 0 atom stereocenters.